The first kappa shape index (κ1) is 16.5. The average Bonchev–Trinajstić information content (AvgIpc) is 2.60. The van der Waals surface area contributed by atoms with Crippen LogP contribution in [0, 0.1) is 0 Å². The average molecular weight is 313 g/mol. The van der Waals surface area contributed by atoms with Crippen LogP contribution in [0.2, 0.25) is 0 Å². The van der Waals surface area contributed by atoms with Crippen LogP contribution in [0.15, 0.2) is 48.5 Å². The zero-order valence-corrected chi connectivity index (χ0v) is 12.8. The lowest BCUT2D eigenvalue weighted by atomic mass is 10.1. The van der Waals surface area contributed by atoms with Crippen molar-refractivity contribution in [1.82, 2.24) is 5.32 Å². The Bertz CT molecular complexity index is 687. The molecular weight excluding hydrogens is 294 g/mol. The summed E-state index contributed by atoms with van der Waals surface area (Å²) in [6.45, 7) is 0.746. The van der Waals surface area contributed by atoms with Crippen molar-refractivity contribution < 1.29 is 14.3 Å². The van der Waals surface area contributed by atoms with Crippen molar-refractivity contribution in [2.75, 3.05) is 25.5 Å². The summed E-state index contributed by atoms with van der Waals surface area (Å²) in [4.78, 5) is 24.2. The number of nitrogens with two attached hydrogens (primary N) is 1. The first-order chi connectivity index (χ1) is 11.2. The molecule has 0 saturated carbocycles. The van der Waals surface area contributed by atoms with Crippen LogP contribution in [0.4, 0.5) is 5.69 Å². The van der Waals surface area contributed by atoms with Gasteiger partial charge in [-0.2, -0.15) is 0 Å². The van der Waals surface area contributed by atoms with E-state index in [1.54, 1.807) is 42.5 Å². The highest BCUT2D eigenvalue weighted by Crippen LogP contribution is 2.26. The number of methoxy groups -OCH3 is 1. The first-order valence-electron chi connectivity index (χ1n) is 7.18. The number of amides is 2. The molecule has 0 bridgehead atoms. The number of benzene rings is 2. The Morgan fingerprint density at radius 2 is 1.78 bits per heavy atom. The highest BCUT2D eigenvalue weighted by Gasteiger charge is 2.13. The molecule has 120 valence electrons. The molecule has 6 heteroatoms. The molecule has 2 amide bonds. The van der Waals surface area contributed by atoms with Gasteiger partial charge < -0.3 is 21.1 Å². The van der Waals surface area contributed by atoms with Gasteiger partial charge in [0.15, 0.2) is 0 Å². The van der Waals surface area contributed by atoms with Crippen molar-refractivity contribution in [2.45, 2.75) is 0 Å². The molecule has 2 aromatic rings. The number of ether oxygens (including phenoxy) is 1. The van der Waals surface area contributed by atoms with Crippen LogP contribution in [0.5, 0.6) is 5.75 Å². The molecule has 0 radical (unpaired) electrons. The Labute approximate surface area is 134 Å². The summed E-state index contributed by atoms with van der Waals surface area (Å²) in [6, 6.07) is 13.6. The fourth-order valence-electron chi connectivity index (χ4n) is 2.02. The van der Waals surface area contributed by atoms with E-state index in [0.29, 0.717) is 35.7 Å². The van der Waals surface area contributed by atoms with E-state index in [9.17, 15) is 9.59 Å². The number of carbonyl (C=O) groups excluding carboxylic acids is 2. The first-order valence-corrected chi connectivity index (χ1v) is 7.18. The SMILES string of the molecule is COc1ccc(C(=O)NCCN)cc1NC(=O)c1ccccc1. The summed E-state index contributed by atoms with van der Waals surface area (Å²) in [6.07, 6.45) is 0. The van der Waals surface area contributed by atoms with Gasteiger partial charge in [0.05, 0.1) is 12.8 Å². The van der Waals surface area contributed by atoms with E-state index in [2.05, 4.69) is 10.6 Å². The standard InChI is InChI=1S/C17H19N3O3/c1-23-15-8-7-13(16(21)19-10-9-18)11-14(15)20-17(22)12-5-3-2-4-6-12/h2-8,11H,9-10,18H2,1H3,(H,19,21)(H,20,22). The van der Waals surface area contributed by atoms with E-state index in [1.165, 1.54) is 7.11 Å². The second-order valence-corrected chi connectivity index (χ2v) is 4.78. The van der Waals surface area contributed by atoms with E-state index < -0.39 is 0 Å². The number of anilines is 1. The molecule has 0 atom stereocenters. The van der Waals surface area contributed by atoms with E-state index in [4.69, 9.17) is 10.5 Å². The van der Waals surface area contributed by atoms with E-state index >= 15 is 0 Å². The lowest BCUT2D eigenvalue weighted by Crippen LogP contribution is -2.29. The van der Waals surface area contributed by atoms with Gasteiger partial charge in [0.2, 0.25) is 0 Å². The van der Waals surface area contributed by atoms with Crippen molar-refractivity contribution in [3.8, 4) is 5.75 Å². The molecule has 2 rings (SSSR count). The minimum Gasteiger partial charge on any atom is -0.495 e. The van der Waals surface area contributed by atoms with Crippen LogP contribution in [0.1, 0.15) is 20.7 Å². The second kappa shape index (κ2) is 7.95. The maximum Gasteiger partial charge on any atom is 0.255 e. The fraction of sp³-hybridized carbons (Fsp3) is 0.176. The highest BCUT2D eigenvalue weighted by molar-refractivity contribution is 6.06. The molecule has 0 fully saturated rings. The van der Waals surface area contributed by atoms with Gasteiger partial charge in [-0.15, -0.1) is 0 Å². The summed E-state index contributed by atoms with van der Waals surface area (Å²) < 4.78 is 5.23. The Kier molecular flexibility index (Phi) is 5.71. The van der Waals surface area contributed by atoms with Crippen molar-refractivity contribution >= 4 is 17.5 Å². The smallest absolute Gasteiger partial charge is 0.255 e. The van der Waals surface area contributed by atoms with E-state index in [0.717, 1.165) is 0 Å². The Balaban J connectivity index is 2.22. The van der Waals surface area contributed by atoms with Crippen LogP contribution in [-0.4, -0.2) is 32.0 Å². The highest BCUT2D eigenvalue weighted by atomic mass is 16.5. The summed E-state index contributed by atoms with van der Waals surface area (Å²) in [5.41, 5.74) is 6.74. The number of hydrogen-bond donors (Lipinski definition) is 3. The number of hydrogen-bond acceptors (Lipinski definition) is 4. The zero-order valence-electron chi connectivity index (χ0n) is 12.8. The number of rotatable bonds is 6. The minimum absolute atomic E-state index is 0.256. The van der Waals surface area contributed by atoms with Crippen LogP contribution in [0.3, 0.4) is 0 Å². The van der Waals surface area contributed by atoms with Crippen LogP contribution >= 0.6 is 0 Å². The van der Waals surface area contributed by atoms with Crippen LogP contribution in [-0.2, 0) is 0 Å². The van der Waals surface area contributed by atoms with Gasteiger partial charge in [0.25, 0.3) is 11.8 Å². The summed E-state index contributed by atoms with van der Waals surface area (Å²) >= 11 is 0. The largest absolute Gasteiger partial charge is 0.495 e. The molecule has 0 saturated heterocycles. The summed E-state index contributed by atoms with van der Waals surface area (Å²) in [5, 5.41) is 5.44. The molecular formula is C17H19N3O3. The van der Waals surface area contributed by atoms with Gasteiger partial charge in [-0.3, -0.25) is 9.59 Å². The lowest BCUT2D eigenvalue weighted by Gasteiger charge is -2.12. The normalized spacial score (nSPS) is 10.0. The fourth-order valence-corrected chi connectivity index (χ4v) is 2.02. The van der Waals surface area contributed by atoms with Crippen molar-refractivity contribution in [2.24, 2.45) is 5.73 Å². The van der Waals surface area contributed by atoms with Crippen molar-refractivity contribution in [1.29, 1.82) is 0 Å². The maximum atomic E-state index is 12.3. The molecule has 0 unspecified atom stereocenters. The lowest BCUT2D eigenvalue weighted by molar-refractivity contribution is 0.0953. The Morgan fingerprint density at radius 1 is 1.04 bits per heavy atom. The minimum atomic E-state index is -0.275. The predicted molar refractivity (Wildman–Crippen MR) is 88.8 cm³/mol. The maximum absolute atomic E-state index is 12.3. The quantitative estimate of drug-likeness (QED) is 0.755. The third-order valence-electron chi connectivity index (χ3n) is 3.18. The van der Waals surface area contributed by atoms with E-state index in [-0.39, 0.29) is 11.8 Å². The predicted octanol–water partition coefficient (Wildman–Crippen LogP) is 1.64. The third-order valence-corrected chi connectivity index (χ3v) is 3.18. The summed E-state index contributed by atoms with van der Waals surface area (Å²) in [7, 11) is 1.50. The number of nitrogens with one attached hydrogen (secondary N) is 2. The number of carbonyl (C=O) groups is 2. The van der Waals surface area contributed by atoms with Gasteiger partial charge in [0, 0.05) is 24.2 Å². The van der Waals surface area contributed by atoms with Gasteiger partial charge in [0.1, 0.15) is 5.75 Å². The Morgan fingerprint density at radius 3 is 2.43 bits per heavy atom. The summed E-state index contributed by atoms with van der Waals surface area (Å²) in [5.74, 6) is -0.0543. The van der Waals surface area contributed by atoms with Gasteiger partial charge in [-0.05, 0) is 30.3 Å². The van der Waals surface area contributed by atoms with Crippen molar-refractivity contribution in [3.05, 3.63) is 59.7 Å². The molecule has 0 aliphatic heterocycles. The monoisotopic (exact) mass is 313 g/mol. The second-order valence-electron chi connectivity index (χ2n) is 4.78. The Hall–Kier alpha value is -2.86. The van der Waals surface area contributed by atoms with Crippen LogP contribution in [0.25, 0.3) is 0 Å². The molecule has 0 spiro atoms. The molecule has 0 aliphatic carbocycles. The third kappa shape index (κ3) is 4.31. The molecule has 2 aromatic carbocycles. The van der Waals surface area contributed by atoms with Crippen LogP contribution < -0.4 is 21.1 Å². The molecule has 0 heterocycles. The topological polar surface area (TPSA) is 93.4 Å². The molecule has 6 nitrogen and oxygen atoms in total. The zero-order chi connectivity index (χ0) is 16.7. The molecule has 0 aliphatic rings. The van der Waals surface area contributed by atoms with E-state index in [1.807, 2.05) is 6.07 Å². The van der Waals surface area contributed by atoms with Crippen molar-refractivity contribution in [3.63, 3.8) is 0 Å². The molecule has 4 N–H and O–H groups in total. The molecule has 23 heavy (non-hydrogen) atoms. The van der Waals surface area contributed by atoms with Gasteiger partial charge >= 0.3 is 0 Å². The van der Waals surface area contributed by atoms with Gasteiger partial charge in [-0.1, -0.05) is 18.2 Å². The van der Waals surface area contributed by atoms with Gasteiger partial charge in [-0.25, -0.2) is 0 Å². The molecule has 0 aromatic heterocycles.